The second-order valence-corrected chi connectivity index (χ2v) is 5.81. The molecule has 0 spiro atoms. The molecule has 0 fully saturated rings. The lowest BCUT2D eigenvalue weighted by molar-refractivity contribution is -0.139. The summed E-state index contributed by atoms with van der Waals surface area (Å²) in [5.41, 5.74) is 2.36. The predicted molar refractivity (Wildman–Crippen MR) is 94.1 cm³/mol. The van der Waals surface area contributed by atoms with E-state index in [1.165, 1.54) is 4.90 Å². The number of nitrogens with zero attached hydrogens (tertiary/aromatic N) is 1. The van der Waals surface area contributed by atoms with Crippen LogP contribution in [0.2, 0.25) is 0 Å². The van der Waals surface area contributed by atoms with Crippen molar-refractivity contribution >= 4 is 17.6 Å². The van der Waals surface area contributed by atoms with Gasteiger partial charge >= 0.3 is 5.97 Å². The highest BCUT2D eigenvalue weighted by Crippen LogP contribution is 2.40. The summed E-state index contributed by atoms with van der Waals surface area (Å²) in [6.07, 6.45) is 0. The van der Waals surface area contributed by atoms with Crippen LogP contribution in [0.15, 0.2) is 65.9 Å². The average molecular weight is 337 g/mol. The first kappa shape index (κ1) is 16.8. The fraction of sp³-hybridized carbons (Fsp3) is 0.200. The summed E-state index contributed by atoms with van der Waals surface area (Å²) >= 11 is 0. The maximum atomic E-state index is 12.7. The molecule has 1 aliphatic heterocycles. The normalized spacial score (nSPS) is 17.1. The van der Waals surface area contributed by atoms with Gasteiger partial charge in [-0.15, -0.1) is 0 Å². The highest BCUT2D eigenvalue weighted by Gasteiger charge is 2.45. The number of amides is 1. The zero-order valence-electron chi connectivity index (χ0n) is 14.1. The van der Waals surface area contributed by atoms with Gasteiger partial charge in [0.2, 0.25) is 0 Å². The zero-order chi connectivity index (χ0) is 18.0. The molecule has 2 aromatic carbocycles. The Bertz CT molecular complexity index is 825. The molecule has 1 atom stereocenters. The maximum Gasteiger partial charge on any atom is 0.340 e. The number of benzene rings is 2. The monoisotopic (exact) mass is 337 g/mol. The topological polar surface area (TPSA) is 66.8 Å². The number of aliphatic hydroxyl groups is 1. The van der Waals surface area contributed by atoms with Crippen LogP contribution in [0.3, 0.4) is 0 Å². The van der Waals surface area contributed by atoms with Crippen LogP contribution in [0.5, 0.6) is 0 Å². The van der Waals surface area contributed by atoms with Crippen molar-refractivity contribution in [1.29, 1.82) is 0 Å². The van der Waals surface area contributed by atoms with Gasteiger partial charge in [0.15, 0.2) is 5.76 Å². The molecule has 0 radical (unpaired) electrons. The molecule has 0 bridgehead atoms. The number of rotatable bonds is 4. The Labute approximate surface area is 146 Å². The molecule has 0 aromatic heterocycles. The molecule has 25 heavy (non-hydrogen) atoms. The average Bonchev–Trinajstić information content (AvgIpc) is 2.88. The number of anilines is 1. The summed E-state index contributed by atoms with van der Waals surface area (Å²) < 4.78 is 5.07. The molecule has 0 saturated carbocycles. The smallest absolute Gasteiger partial charge is 0.340 e. The van der Waals surface area contributed by atoms with Crippen molar-refractivity contribution in [3.05, 3.63) is 77.1 Å². The van der Waals surface area contributed by atoms with Gasteiger partial charge in [-0.2, -0.15) is 0 Å². The minimum Gasteiger partial charge on any atom is -0.503 e. The van der Waals surface area contributed by atoms with E-state index in [2.05, 4.69) is 0 Å². The Balaban J connectivity index is 2.14. The molecule has 5 heteroatoms. The fourth-order valence-electron chi connectivity index (χ4n) is 2.94. The number of carbonyl (C=O) groups excluding carboxylic acids is 2. The van der Waals surface area contributed by atoms with E-state index in [-0.39, 0.29) is 12.2 Å². The first-order chi connectivity index (χ1) is 12.0. The molecule has 0 aliphatic carbocycles. The summed E-state index contributed by atoms with van der Waals surface area (Å²) in [7, 11) is 0. The van der Waals surface area contributed by atoms with Crippen molar-refractivity contribution in [2.24, 2.45) is 0 Å². The van der Waals surface area contributed by atoms with Crippen LogP contribution in [-0.2, 0) is 14.3 Å². The molecule has 1 N–H and O–H groups in total. The third-order valence-corrected chi connectivity index (χ3v) is 4.13. The van der Waals surface area contributed by atoms with Gasteiger partial charge in [-0.3, -0.25) is 9.69 Å². The van der Waals surface area contributed by atoms with Crippen molar-refractivity contribution in [1.82, 2.24) is 0 Å². The minimum absolute atomic E-state index is 0.0282. The number of ether oxygens (including phenoxy) is 1. The summed E-state index contributed by atoms with van der Waals surface area (Å²) in [4.78, 5) is 26.5. The van der Waals surface area contributed by atoms with Crippen molar-refractivity contribution in [2.75, 3.05) is 11.5 Å². The quantitative estimate of drug-likeness (QED) is 0.868. The second-order valence-electron chi connectivity index (χ2n) is 5.81. The third-order valence-electron chi connectivity index (χ3n) is 4.13. The van der Waals surface area contributed by atoms with Gasteiger partial charge in [-0.1, -0.05) is 48.0 Å². The highest BCUT2D eigenvalue weighted by molar-refractivity contribution is 6.15. The van der Waals surface area contributed by atoms with E-state index in [9.17, 15) is 14.7 Å². The van der Waals surface area contributed by atoms with Gasteiger partial charge in [0.05, 0.1) is 12.6 Å². The van der Waals surface area contributed by atoms with Crippen LogP contribution < -0.4 is 4.90 Å². The van der Waals surface area contributed by atoms with E-state index in [0.29, 0.717) is 5.69 Å². The van der Waals surface area contributed by atoms with E-state index >= 15 is 0 Å². The Morgan fingerprint density at radius 1 is 1.12 bits per heavy atom. The number of para-hydroxylation sites is 1. The van der Waals surface area contributed by atoms with Crippen LogP contribution in [0, 0.1) is 6.92 Å². The molecule has 1 unspecified atom stereocenters. The van der Waals surface area contributed by atoms with E-state index in [1.807, 2.05) is 37.3 Å². The molecule has 5 nitrogen and oxygen atoms in total. The lowest BCUT2D eigenvalue weighted by atomic mass is 9.98. The molecule has 1 amide bonds. The number of hydrogen-bond acceptors (Lipinski definition) is 4. The van der Waals surface area contributed by atoms with Crippen molar-refractivity contribution in [3.8, 4) is 0 Å². The van der Waals surface area contributed by atoms with Gasteiger partial charge in [-0.25, -0.2) is 4.79 Å². The SMILES string of the molecule is CCOC(=O)C1=C(O)C(=O)N(c2ccccc2)C1c1ccc(C)cc1. The summed E-state index contributed by atoms with van der Waals surface area (Å²) in [5.74, 6) is -1.86. The first-order valence-corrected chi connectivity index (χ1v) is 8.10. The lowest BCUT2D eigenvalue weighted by Gasteiger charge is -2.26. The summed E-state index contributed by atoms with van der Waals surface area (Å²) in [6, 6.07) is 15.7. The number of carbonyl (C=O) groups is 2. The largest absolute Gasteiger partial charge is 0.503 e. The van der Waals surface area contributed by atoms with E-state index in [1.54, 1.807) is 31.2 Å². The standard InChI is InChI=1S/C20H19NO4/c1-3-25-20(24)16-17(14-11-9-13(2)10-12-14)21(19(23)18(16)22)15-7-5-4-6-8-15/h4-12,17,22H,3H2,1-2H3. The molecule has 128 valence electrons. The lowest BCUT2D eigenvalue weighted by Crippen LogP contribution is -2.31. The zero-order valence-corrected chi connectivity index (χ0v) is 14.1. The second kappa shape index (κ2) is 6.81. The van der Waals surface area contributed by atoms with Gasteiger partial charge in [0, 0.05) is 5.69 Å². The van der Waals surface area contributed by atoms with Crippen LogP contribution in [0.4, 0.5) is 5.69 Å². The minimum atomic E-state index is -0.727. The van der Waals surface area contributed by atoms with E-state index < -0.39 is 23.7 Å². The highest BCUT2D eigenvalue weighted by atomic mass is 16.5. The summed E-state index contributed by atoms with van der Waals surface area (Å²) in [5, 5.41) is 10.4. The van der Waals surface area contributed by atoms with Gasteiger partial charge < -0.3 is 9.84 Å². The number of aryl methyl sites for hydroxylation is 1. The van der Waals surface area contributed by atoms with E-state index in [0.717, 1.165) is 11.1 Å². The Morgan fingerprint density at radius 3 is 2.36 bits per heavy atom. The van der Waals surface area contributed by atoms with Crippen molar-refractivity contribution in [2.45, 2.75) is 19.9 Å². The molecular formula is C20H19NO4. The Hall–Kier alpha value is -3.08. The molecular weight excluding hydrogens is 318 g/mol. The third kappa shape index (κ3) is 3.01. The van der Waals surface area contributed by atoms with Gasteiger partial charge in [0.1, 0.15) is 5.57 Å². The number of aliphatic hydroxyl groups excluding tert-OH is 1. The number of hydrogen-bond donors (Lipinski definition) is 1. The van der Waals surface area contributed by atoms with E-state index in [4.69, 9.17) is 4.74 Å². The Kier molecular flexibility index (Phi) is 4.57. The van der Waals surface area contributed by atoms with Crippen molar-refractivity contribution < 1.29 is 19.4 Å². The van der Waals surface area contributed by atoms with Gasteiger partial charge in [0.25, 0.3) is 5.91 Å². The summed E-state index contributed by atoms with van der Waals surface area (Å²) in [6.45, 7) is 3.80. The predicted octanol–water partition coefficient (Wildman–Crippen LogP) is 3.46. The fourth-order valence-corrected chi connectivity index (χ4v) is 2.94. The molecule has 3 rings (SSSR count). The van der Waals surface area contributed by atoms with Crippen LogP contribution in [0.25, 0.3) is 0 Å². The van der Waals surface area contributed by atoms with Crippen LogP contribution >= 0.6 is 0 Å². The van der Waals surface area contributed by atoms with Crippen molar-refractivity contribution in [3.63, 3.8) is 0 Å². The molecule has 1 heterocycles. The maximum absolute atomic E-state index is 12.7. The number of esters is 1. The van der Waals surface area contributed by atoms with Gasteiger partial charge in [-0.05, 0) is 31.5 Å². The Morgan fingerprint density at radius 2 is 1.76 bits per heavy atom. The molecule has 2 aromatic rings. The molecule has 1 aliphatic rings. The van der Waals surface area contributed by atoms with Crippen LogP contribution in [0.1, 0.15) is 24.1 Å². The first-order valence-electron chi connectivity index (χ1n) is 8.10. The van der Waals surface area contributed by atoms with Crippen LogP contribution in [-0.4, -0.2) is 23.6 Å². The molecule has 0 saturated heterocycles.